The minimum absolute atomic E-state index is 0.683. The molecule has 0 aromatic heterocycles. The Kier molecular flexibility index (Phi) is 9.12. The summed E-state index contributed by atoms with van der Waals surface area (Å²) in [6, 6.07) is 0. The highest BCUT2D eigenvalue weighted by Crippen LogP contribution is 2.12. The Labute approximate surface area is 96.2 Å². The summed E-state index contributed by atoms with van der Waals surface area (Å²) < 4.78 is 0. The Morgan fingerprint density at radius 2 is 1.60 bits per heavy atom. The molecular weight excluding hydrogens is 184 g/mol. The fourth-order valence-corrected chi connectivity index (χ4v) is 2.20. The monoisotopic (exact) mass is 214 g/mol. The van der Waals surface area contributed by atoms with Crippen molar-refractivity contribution in [3.05, 3.63) is 0 Å². The van der Waals surface area contributed by atoms with Gasteiger partial charge in [-0.2, -0.15) is 0 Å². The predicted octanol–water partition coefficient (Wildman–Crippen LogP) is 2.73. The van der Waals surface area contributed by atoms with Crippen molar-refractivity contribution in [1.82, 2.24) is 4.90 Å². The van der Waals surface area contributed by atoms with Gasteiger partial charge in [-0.3, -0.25) is 0 Å². The van der Waals surface area contributed by atoms with Gasteiger partial charge in [0.1, 0.15) is 0 Å². The van der Waals surface area contributed by atoms with Crippen LogP contribution >= 0.6 is 0 Å². The van der Waals surface area contributed by atoms with Crippen molar-refractivity contribution < 1.29 is 0 Å². The van der Waals surface area contributed by atoms with Gasteiger partial charge in [0.2, 0.25) is 0 Å². The molecule has 0 rings (SSSR count). The van der Waals surface area contributed by atoms with Crippen molar-refractivity contribution in [1.29, 1.82) is 0 Å². The Bertz CT molecular complexity index is 128. The van der Waals surface area contributed by atoms with Crippen LogP contribution in [0.3, 0.4) is 0 Å². The van der Waals surface area contributed by atoms with Gasteiger partial charge in [-0.25, -0.2) is 0 Å². The molecule has 0 heterocycles. The molecule has 0 saturated heterocycles. The van der Waals surface area contributed by atoms with Gasteiger partial charge >= 0.3 is 0 Å². The summed E-state index contributed by atoms with van der Waals surface area (Å²) >= 11 is 0. The Morgan fingerprint density at radius 1 is 1.07 bits per heavy atom. The van der Waals surface area contributed by atoms with Crippen molar-refractivity contribution in [2.45, 2.75) is 47.0 Å². The van der Waals surface area contributed by atoms with E-state index in [-0.39, 0.29) is 0 Å². The molecular formula is C13H30N2. The van der Waals surface area contributed by atoms with E-state index in [0.717, 1.165) is 12.5 Å². The summed E-state index contributed by atoms with van der Waals surface area (Å²) in [5.41, 5.74) is 5.84. The number of nitrogens with two attached hydrogens (primary N) is 1. The molecule has 0 aromatic carbocycles. The molecule has 0 aliphatic carbocycles. The van der Waals surface area contributed by atoms with Crippen molar-refractivity contribution in [2.75, 3.05) is 26.2 Å². The normalized spacial score (nSPS) is 13.8. The number of hydrogen-bond donors (Lipinski definition) is 1. The smallest absolute Gasteiger partial charge is 0.00218 e. The maximum absolute atomic E-state index is 5.84. The quantitative estimate of drug-likeness (QED) is 0.639. The number of nitrogens with zero attached hydrogens (tertiary/aromatic N) is 1. The first-order chi connectivity index (χ1) is 7.13. The molecule has 0 fully saturated rings. The van der Waals surface area contributed by atoms with Crippen molar-refractivity contribution in [3.8, 4) is 0 Å². The van der Waals surface area contributed by atoms with E-state index in [1.807, 2.05) is 0 Å². The molecule has 2 heteroatoms. The van der Waals surface area contributed by atoms with Gasteiger partial charge in [0.15, 0.2) is 0 Å². The highest BCUT2D eigenvalue weighted by molar-refractivity contribution is 4.68. The van der Waals surface area contributed by atoms with Crippen LogP contribution in [0.4, 0.5) is 0 Å². The molecule has 0 amide bonds. The molecule has 2 nitrogen and oxygen atoms in total. The van der Waals surface area contributed by atoms with E-state index < -0.39 is 0 Å². The third kappa shape index (κ3) is 7.80. The second-order valence-corrected chi connectivity index (χ2v) is 5.03. The van der Waals surface area contributed by atoms with Crippen molar-refractivity contribution in [3.63, 3.8) is 0 Å². The molecule has 2 N–H and O–H groups in total. The van der Waals surface area contributed by atoms with Gasteiger partial charge in [0.05, 0.1) is 0 Å². The van der Waals surface area contributed by atoms with E-state index in [1.165, 1.54) is 38.9 Å². The van der Waals surface area contributed by atoms with Gasteiger partial charge in [0, 0.05) is 6.54 Å². The lowest BCUT2D eigenvalue weighted by atomic mass is 9.96. The summed E-state index contributed by atoms with van der Waals surface area (Å²) in [5.74, 6) is 1.45. The first-order valence-corrected chi connectivity index (χ1v) is 6.56. The second kappa shape index (κ2) is 9.17. The van der Waals surface area contributed by atoms with Crippen LogP contribution in [0.2, 0.25) is 0 Å². The number of hydrogen-bond acceptors (Lipinski definition) is 2. The van der Waals surface area contributed by atoms with Crippen molar-refractivity contribution in [2.24, 2.45) is 17.6 Å². The zero-order valence-electron chi connectivity index (χ0n) is 11.1. The SMILES string of the molecule is CCCN(CCC)CC(CN)CC(C)C. The van der Waals surface area contributed by atoms with E-state index in [4.69, 9.17) is 5.73 Å². The molecule has 0 radical (unpaired) electrons. The molecule has 92 valence electrons. The van der Waals surface area contributed by atoms with E-state index in [2.05, 4.69) is 32.6 Å². The Morgan fingerprint density at radius 3 is 1.93 bits per heavy atom. The molecule has 0 bridgehead atoms. The molecule has 0 aromatic rings. The van der Waals surface area contributed by atoms with Crippen LogP contribution in [0.5, 0.6) is 0 Å². The van der Waals surface area contributed by atoms with Crippen LogP contribution < -0.4 is 5.73 Å². The summed E-state index contributed by atoms with van der Waals surface area (Å²) in [6.45, 7) is 13.5. The van der Waals surface area contributed by atoms with E-state index in [0.29, 0.717) is 5.92 Å². The minimum Gasteiger partial charge on any atom is -0.330 e. The largest absolute Gasteiger partial charge is 0.330 e. The fraction of sp³-hybridized carbons (Fsp3) is 1.00. The summed E-state index contributed by atoms with van der Waals surface area (Å²) in [7, 11) is 0. The first kappa shape index (κ1) is 14.9. The lowest BCUT2D eigenvalue weighted by Crippen LogP contribution is -2.34. The third-order valence-electron chi connectivity index (χ3n) is 2.73. The predicted molar refractivity (Wildman–Crippen MR) is 69.0 cm³/mol. The third-order valence-corrected chi connectivity index (χ3v) is 2.73. The highest BCUT2D eigenvalue weighted by Gasteiger charge is 2.13. The summed E-state index contributed by atoms with van der Waals surface area (Å²) in [6.07, 6.45) is 3.76. The van der Waals surface area contributed by atoms with Crippen LogP contribution in [-0.4, -0.2) is 31.1 Å². The summed E-state index contributed by atoms with van der Waals surface area (Å²) in [5, 5.41) is 0. The van der Waals surface area contributed by atoms with Gasteiger partial charge in [-0.15, -0.1) is 0 Å². The molecule has 0 saturated carbocycles. The molecule has 1 unspecified atom stereocenters. The first-order valence-electron chi connectivity index (χ1n) is 6.56. The van der Waals surface area contributed by atoms with Gasteiger partial charge in [-0.05, 0) is 50.7 Å². The zero-order chi connectivity index (χ0) is 11.7. The standard InChI is InChI=1S/C13H30N2/c1-5-7-15(8-6-2)11-13(10-14)9-12(3)4/h12-13H,5-11,14H2,1-4H3. The second-order valence-electron chi connectivity index (χ2n) is 5.03. The van der Waals surface area contributed by atoms with Gasteiger partial charge in [0.25, 0.3) is 0 Å². The topological polar surface area (TPSA) is 29.3 Å². The molecule has 0 aliphatic heterocycles. The fourth-order valence-electron chi connectivity index (χ4n) is 2.20. The zero-order valence-corrected chi connectivity index (χ0v) is 11.1. The molecule has 15 heavy (non-hydrogen) atoms. The maximum atomic E-state index is 5.84. The van der Waals surface area contributed by atoms with E-state index >= 15 is 0 Å². The van der Waals surface area contributed by atoms with Crippen LogP contribution in [0, 0.1) is 11.8 Å². The lowest BCUT2D eigenvalue weighted by molar-refractivity contribution is 0.217. The van der Waals surface area contributed by atoms with Crippen LogP contribution in [0.1, 0.15) is 47.0 Å². The minimum atomic E-state index is 0.683. The summed E-state index contributed by atoms with van der Waals surface area (Å²) in [4.78, 5) is 2.57. The van der Waals surface area contributed by atoms with Crippen LogP contribution in [0.15, 0.2) is 0 Å². The van der Waals surface area contributed by atoms with Gasteiger partial charge < -0.3 is 10.6 Å². The maximum Gasteiger partial charge on any atom is 0.00218 e. The Hall–Kier alpha value is -0.0800. The average molecular weight is 214 g/mol. The Balaban J connectivity index is 3.96. The van der Waals surface area contributed by atoms with E-state index in [9.17, 15) is 0 Å². The number of rotatable bonds is 9. The van der Waals surface area contributed by atoms with E-state index in [1.54, 1.807) is 0 Å². The molecule has 1 atom stereocenters. The van der Waals surface area contributed by atoms with Crippen molar-refractivity contribution >= 4 is 0 Å². The lowest BCUT2D eigenvalue weighted by Gasteiger charge is -2.27. The molecule has 0 aliphatic rings. The highest BCUT2D eigenvalue weighted by atomic mass is 15.1. The van der Waals surface area contributed by atoms with Crippen LogP contribution in [-0.2, 0) is 0 Å². The van der Waals surface area contributed by atoms with Gasteiger partial charge in [-0.1, -0.05) is 27.7 Å². The average Bonchev–Trinajstić information content (AvgIpc) is 2.16. The van der Waals surface area contributed by atoms with Crippen LogP contribution in [0.25, 0.3) is 0 Å². The molecule has 0 spiro atoms.